The van der Waals surface area contributed by atoms with Gasteiger partial charge in [-0.1, -0.05) is 17.5 Å². The first kappa shape index (κ1) is 11.8. The molecule has 3 aromatic rings. The van der Waals surface area contributed by atoms with Crippen molar-refractivity contribution in [3.63, 3.8) is 0 Å². The zero-order chi connectivity index (χ0) is 13.4. The molecule has 0 saturated carbocycles. The van der Waals surface area contributed by atoms with Crippen LogP contribution in [0.5, 0.6) is 0 Å². The lowest BCUT2D eigenvalue weighted by atomic mass is 10.2. The Labute approximate surface area is 111 Å². The van der Waals surface area contributed by atoms with Gasteiger partial charge in [-0.05, 0) is 30.1 Å². The minimum absolute atomic E-state index is 0.103. The van der Waals surface area contributed by atoms with Crippen molar-refractivity contribution in [2.24, 2.45) is 0 Å². The van der Waals surface area contributed by atoms with Crippen LogP contribution in [-0.4, -0.2) is 25.6 Å². The van der Waals surface area contributed by atoms with E-state index in [0.717, 1.165) is 17.0 Å². The number of rotatable bonds is 3. The lowest BCUT2D eigenvalue weighted by Gasteiger charge is -1.93. The van der Waals surface area contributed by atoms with Gasteiger partial charge in [0.1, 0.15) is 16.0 Å². The van der Waals surface area contributed by atoms with Crippen LogP contribution in [0.2, 0.25) is 0 Å². The van der Waals surface area contributed by atoms with E-state index >= 15 is 0 Å². The largest absolute Gasteiger partial charge is 0.478 e. The molecule has 0 aliphatic rings. The van der Waals surface area contributed by atoms with Crippen LogP contribution >= 0.6 is 11.5 Å². The van der Waals surface area contributed by atoms with Crippen molar-refractivity contribution in [3.8, 4) is 10.8 Å². The number of oxazole rings is 1. The number of carboxylic acids is 1. The van der Waals surface area contributed by atoms with E-state index in [1.807, 2.05) is 6.92 Å². The summed E-state index contributed by atoms with van der Waals surface area (Å²) in [5.41, 5.74) is 1.70. The minimum Gasteiger partial charge on any atom is -0.478 e. The lowest BCUT2D eigenvalue weighted by Crippen LogP contribution is -1.95. The number of hydrogen-bond acceptors (Lipinski definition) is 6. The summed E-state index contributed by atoms with van der Waals surface area (Å²) in [7, 11) is 0. The van der Waals surface area contributed by atoms with Crippen LogP contribution in [0.15, 0.2) is 22.6 Å². The zero-order valence-electron chi connectivity index (χ0n) is 9.95. The maximum atomic E-state index is 11.1. The van der Waals surface area contributed by atoms with Crippen molar-refractivity contribution in [2.75, 3.05) is 0 Å². The van der Waals surface area contributed by atoms with Crippen LogP contribution in [0.25, 0.3) is 21.9 Å². The van der Waals surface area contributed by atoms with Crippen LogP contribution in [0, 0.1) is 0 Å². The van der Waals surface area contributed by atoms with Crippen LogP contribution in [-0.2, 0) is 6.42 Å². The summed E-state index contributed by atoms with van der Waals surface area (Å²) in [5.74, 6) is -0.665. The summed E-state index contributed by atoms with van der Waals surface area (Å²) in [4.78, 5) is 16.2. The molecule has 19 heavy (non-hydrogen) atoms. The monoisotopic (exact) mass is 275 g/mol. The first-order valence-electron chi connectivity index (χ1n) is 5.65. The minimum atomic E-state index is -1.04. The van der Waals surface area contributed by atoms with E-state index in [2.05, 4.69) is 14.6 Å². The molecule has 0 amide bonds. The van der Waals surface area contributed by atoms with Crippen LogP contribution in [0.4, 0.5) is 0 Å². The highest BCUT2D eigenvalue weighted by atomic mass is 32.1. The Morgan fingerprint density at radius 1 is 1.47 bits per heavy atom. The highest BCUT2D eigenvalue weighted by Crippen LogP contribution is 2.30. The summed E-state index contributed by atoms with van der Waals surface area (Å²) in [6.45, 7) is 1.96. The van der Waals surface area contributed by atoms with Crippen LogP contribution in [0.1, 0.15) is 23.0 Å². The first-order valence-corrected chi connectivity index (χ1v) is 6.42. The average molecular weight is 275 g/mol. The topological polar surface area (TPSA) is 89.1 Å². The Balaban J connectivity index is 2.22. The molecule has 0 fully saturated rings. The maximum absolute atomic E-state index is 11.1. The van der Waals surface area contributed by atoms with Gasteiger partial charge in [-0.2, -0.15) is 0 Å². The fraction of sp³-hybridized carbons (Fsp3) is 0.167. The van der Waals surface area contributed by atoms with Crippen molar-refractivity contribution < 1.29 is 14.3 Å². The Bertz CT molecular complexity index is 763. The van der Waals surface area contributed by atoms with Gasteiger partial charge in [-0.15, -0.1) is 5.10 Å². The predicted molar refractivity (Wildman–Crippen MR) is 69.2 cm³/mol. The normalized spacial score (nSPS) is 11.0. The molecule has 0 aliphatic carbocycles. The number of hydrogen-bond donors (Lipinski definition) is 1. The Kier molecular flexibility index (Phi) is 2.75. The van der Waals surface area contributed by atoms with Gasteiger partial charge in [-0.25, -0.2) is 9.78 Å². The molecule has 96 valence electrons. The van der Waals surface area contributed by atoms with E-state index in [4.69, 9.17) is 9.52 Å². The standard InChI is InChI=1S/C12H9N3O3S/c1-2-7-10(19-15-14-7)11-13-8-5-3-4-6(12(16)17)9(8)18-11/h3-5H,2H2,1H3,(H,16,17). The number of nitrogens with zero attached hydrogens (tertiary/aromatic N) is 3. The molecule has 0 bridgehead atoms. The molecule has 7 heteroatoms. The molecule has 1 N–H and O–H groups in total. The van der Waals surface area contributed by atoms with Crippen molar-refractivity contribution >= 4 is 28.6 Å². The van der Waals surface area contributed by atoms with Crippen molar-refractivity contribution in [2.45, 2.75) is 13.3 Å². The van der Waals surface area contributed by atoms with Crippen LogP contribution in [0.3, 0.4) is 0 Å². The molecule has 1 aromatic carbocycles. The molecular weight excluding hydrogens is 266 g/mol. The van der Waals surface area contributed by atoms with Gasteiger partial charge in [0.25, 0.3) is 0 Å². The van der Waals surface area contributed by atoms with Gasteiger partial charge in [0, 0.05) is 0 Å². The molecule has 2 heterocycles. The third kappa shape index (κ3) is 1.88. The van der Waals surface area contributed by atoms with Gasteiger partial charge in [0.05, 0.1) is 5.69 Å². The molecule has 0 saturated heterocycles. The number of aryl methyl sites for hydroxylation is 1. The highest BCUT2D eigenvalue weighted by Gasteiger charge is 2.19. The molecule has 0 radical (unpaired) electrons. The third-order valence-corrected chi connectivity index (χ3v) is 3.49. The number of fused-ring (bicyclic) bond motifs is 1. The first-order chi connectivity index (χ1) is 9.20. The van der Waals surface area contributed by atoms with Gasteiger partial charge >= 0.3 is 5.97 Å². The summed E-state index contributed by atoms with van der Waals surface area (Å²) < 4.78 is 9.46. The van der Waals surface area contributed by atoms with E-state index < -0.39 is 5.97 Å². The van der Waals surface area contributed by atoms with Gasteiger partial charge in [0.2, 0.25) is 5.89 Å². The number of aromatic carboxylic acids is 1. The van der Waals surface area contributed by atoms with E-state index in [1.54, 1.807) is 12.1 Å². The zero-order valence-corrected chi connectivity index (χ0v) is 10.8. The van der Waals surface area contributed by atoms with Crippen molar-refractivity contribution in [1.29, 1.82) is 0 Å². The molecule has 6 nitrogen and oxygen atoms in total. The summed E-state index contributed by atoms with van der Waals surface area (Å²) >= 11 is 1.19. The number of para-hydroxylation sites is 1. The second-order valence-corrected chi connectivity index (χ2v) is 4.63. The van der Waals surface area contributed by atoms with E-state index in [9.17, 15) is 4.79 Å². The molecule has 0 unspecified atom stereocenters. The lowest BCUT2D eigenvalue weighted by molar-refractivity contribution is 0.0698. The number of carboxylic acid groups (broad SMARTS) is 1. The van der Waals surface area contributed by atoms with Crippen molar-refractivity contribution in [1.82, 2.24) is 14.6 Å². The number of carbonyl (C=O) groups is 1. The maximum Gasteiger partial charge on any atom is 0.339 e. The van der Waals surface area contributed by atoms with E-state index in [1.165, 1.54) is 17.6 Å². The third-order valence-electron chi connectivity index (χ3n) is 2.73. The summed E-state index contributed by atoms with van der Waals surface area (Å²) in [6.07, 6.45) is 0.719. The Morgan fingerprint density at radius 2 is 2.32 bits per heavy atom. The van der Waals surface area contributed by atoms with Gasteiger partial charge in [-0.3, -0.25) is 0 Å². The van der Waals surface area contributed by atoms with Gasteiger partial charge in [0.15, 0.2) is 5.58 Å². The fourth-order valence-electron chi connectivity index (χ4n) is 1.82. The summed E-state index contributed by atoms with van der Waals surface area (Å²) in [5, 5.41) is 13.1. The number of aromatic nitrogens is 3. The quantitative estimate of drug-likeness (QED) is 0.790. The van der Waals surface area contributed by atoms with Crippen molar-refractivity contribution in [3.05, 3.63) is 29.5 Å². The molecule has 0 aliphatic heterocycles. The molecule has 0 atom stereocenters. The van der Waals surface area contributed by atoms with E-state index in [-0.39, 0.29) is 11.1 Å². The van der Waals surface area contributed by atoms with Crippen LogP contribution < -0.4 is 0 Å². The Hall–Kier alpha value is -2.28. The average Bonchev–Trinajstić information content (AvgIpc) is 3.03. The van der Waals surface area contributed by atoms with Gasteiger partial charge < -0.3 is 9.52 Å². The number of benzene rings is 1. The highest BCUT2D eigenvalue weighted by molar-refractivity contribution is 7.09. The molecule has 3 rings (SSSR count). The predicted octanol–water partition coefficient (Wildman–Crippen LogP) is 2.61. The molecule has 2 aromatic heterocycles. The SMILES string of the molecule is CCc1nnsc1-c1nc2cccc(C(=O)O)c2o1. The molecule has 0 spiro atoms. The second-order valence-electron chi connectivity index (χ2n) is 3.88. The fourth-order valence-corrected chi connectivity index (χ4v) is 2.49. The second kappa shape index (κ2) is 4.43. The molecular formula is C12H9N3O3S. The summed E-state index contributed by atoms with van der Waals surface area (Å²) in [6, 6.07) is 4.85. The van der Waals surface area contributed by atoms with E-state index in [0.29, 0.717) is 11.4 Å². The Morgan fingerprint density at radius 3 is 3.05 bits per heavy atom. The smallest absolute Gasteiger partial charge is 0.339 e.